The molecule has 2 rings (SSSR count). The van der Waals surface area contributed by atoms with E-state index >= 15 is 0 Å². The van der Waals surface area contributed by atoms with Crippen LogP contribution in [0.25, 0.3) is 0 Å². The smallest absolute Gasteiger partial charge is 0.442 e. The standard InChI is InChI=1S/C13H13F3N2O3S/c1-8(19)17-6-10-7-18(12(20)21-10)9-2-4-11(5-3-9)22-13(14,15)16/h2-5,10H,6-7H2,1H3,(H,17,19)/t10-/m0/s1. The van der Waals surface area contributed by atoms with E-state index in [1.807, 2.05) is 0 Å². The summed E-state index contributed by atoms with van der Waals surface area (Å²) in [6.07, 6.45) is -1.08. The van der Waals surface area contributed by atoms with E-state index in [4.69, 9.17) is 4.74 Å². The monoisotopic (exact) mass is 334 g/mol. The van der Waals surface area contributed by atoms with Crippen LogP contribution < -0.4 is 10.2 Å². The van der Waals surface area contributed by atoms with Crippen molar-refractivity contribution in [2.75, 3.05) is 18.0 Å². The first-order chi connectivity index (χ1) is 10.2. The summed E-state index contributed by atoms with van der Waals surface area (Å²) >= 11 is -0.218. The van der Waals surface area contributed by atoms with Crippen LogP contribution in [0.2, 0.25) is 0 Å². The molecule has 22 heavy (non-hydrogen) atoms. The highest BCUT2D eigenvalue weighted by atomic mass is 32.2. The highest BCUT2D eigenvalue weighted by molar-refractivity contribution is 8.00. The van der Waals surface area contributed by atoms with Gasteiger partial charge in [0, 0.05) is 17.5 Å². The van der Waals surface area contributed by atoms with Crippen LogP contribution in [0.3, 0.4) is 0 Å². The molecule has 1 atom stereocenters. The number of carbonyl (C=O) groups excluding carboxylic acids is 2. The normalized spacial score (nSPS) is 18.3. The number of anilines is 1. The van der Waals surface area contributed by atoms with E-state index < -0.39 is 17.7 Å². The maximum absolute atomic E-state index is 12.3. The van der Waals surface area contributed by atoms with Crippen molar-refractivity contribution >= 4 is 29.4 Å². The Bertz CT molecular complexity index is 563. The van der Waals surface area contributed by atoms with Crippen molar-refractivity contribution in [3.8, 4) is 0 Å². The first kappa shape index (κ1) is 16.5. The zero-order chi connectivity index (χ0) is 16.3. The number of carbonyl (C=O) groups is 2. The number of hydrogen-bond donors (Lipinski definition) is 1. The summed E-state index contributed by atoms with van der Waals surface area (Å²) in [5.41, 5.74) is -3.90. The number of alkyl halides is 3. The van der Waals surface area contributed by atoms with Crippen molar-refractivity contribution in [1.82, 2.24) is 5.32 Å². The molecule has 1 saturated heterocycles. The summed E-state index contributed by atoms with van der Waals surface area (Å²) in [7, 11) is 0. The van der Waals surface area contributed by atoms with Crippen LogP contribution in [-0.2, 0) is 9.53 Å². The molecule has 0 radical (unpaired) electrons. The molecule has 0 spiro atoms. The maximum Gasteiger partial charge on any atom is 0.446 e. The van der Waals surface area contributed by atoms with Crippen molar-refractivity contribution in [2.45, 2.75) is 23.4 Å². The number of cyclic esters (lactones) is 1. The van der Waals surface area contributed by atoms with Crippen molar-refractivity contribution in [3.63, 3.8) is 0 Å². The van der Waals surface area contributed by atoms with Crippen molar-refractivity contribution < 1.29 is 27.5 Å². The number of hydrogen-bond acceptors (Lipinski definition) is 4. The van der Waals surface area contributed by atoms with Gasteiger partial charge in [-0.2, -0.15) is 13.2 Å². The lowest BCUT2D eigenvalue weighted by molar-refractivity contribution is -0.119. The van der Waals surface area contributed by atoms with Gasteiger partial charge in [-0.1, -0.05) is 0 Å². The Morgan fingerprint density at radius 1 is 1.41 bits per heavy atom. The van der Waals surface area contributed by atoms with Crippen molar-refractivity contribution in [2.24, 2.45) is 0 Å². The molecule has 0 aromatic heterocycles. The van der Waals surface area contributed by atoms with E-state index in [1.165, 1.54) is 36.1 Å². The highest BCUT2D eigenvalue weighted by Gasteiger charge is 2.33. The van der Waals surface area contributed by atoms with Gasteiger partial charge in [0.05, 0.1) is 13.1 Å². The Morgan fingerprint density at radius 3 is 2.59 bits per heavy atom. The predicted octanol–water partition coefficient (Wildman–Crippen LogP) is 2.76. The number of ether oxygens (including phenoxy) is 1. The van der Waals surface area contributed by atoms with Gasteiger partial charge in [0.15, 0.2) is 0 Å². The number of nitrogens with one attached hydrogen (secondary N) is 1. The first-order valence-corrected chi connectivity index (χ1v) is 7.14. The number of amides is 2. The molecule has 1 fully saturated rings. The molecule has 0 saturated carbocycles. The molecule has 0 aliphatic carbocycles. The van der Waals surface area contributed by atoms with Crippen LogP contribution >= 0.6 is 11.8 Å². The lowest BCUT2D eigenvalue weighted by atomic mass is 10.2. The Morgan fingerprint density at radius 2 is 2.05 bits per heavy atom. The molecular formula is C13H13F3N2O3S. The Kier molecular flexibility index (Phi) is 4.84. The third kappa shape index (κ3) is 4.55. The number of thioether (sulfide) groups is 1. The molecular weight excluding hydrogens is 321 g/mol. The second-order valence-corrected chi connectivity index (χ2v) is 5.73. The average Bonchev–Trinajstić information content (AvgIpc) is 2.77. The molecule has 5 nitrogen and oxygen atoms in total. The number of nitrogens with zero attached hydrogens (tertiary/aromatic N) is 1. The molecule has 1 aliphatic rings. The molecule has 1 N–H and O–H groups in total. The molecule has 0 bridgehead atoms. The summed E-state index contributed by atoms with van der Waals surface area (Å²) in [6, 6.07) is 5.44. The van der Waals surface area contributed by atoms with Gasteiger partial charge in [-0.3, -0.25) is 9.69 Å². The summed E-state index contributed by atoms with van der Waals surface area (Å²) < 4.78 is 41.8. The number of halogens is 3. The fourth-order valence-electron chi connectivity index (χ4n) is 1.92. The summed E-state index contributed by atoms with van der Waals surface area (Å²) in [5, 5.41) is 2.54. The summed E-state index contributed by atoms with van der Waals surface area (Å²) in [5.74, 6) is -0.233. The number of rotatable bonds is 4. The molecule has 0 unspecified atom stereocenters. The topological polar surface area (TPSA) is 58.6 Å². The van der Waals surface area contributed by atoms with E-state index in [1.54, 1.807) is 0 Å². The zero-order valence-electron chi connectivity index (χ0n) is 11.5. The first-order valence-electron chi connectivity index (χ1n) is 6.33. The van der Waals surface area contributed by atoms with E-state index in [0.29, 0.717) is 5.69 Å². The fraction of sp³-hybridized carbons (Fsp3) is 0.385. The molecule has 1 aromatic carbocycles. The van der Waals surface area contributed by atoms with E-state index in [2.05, 4.69) is 5.32 Å². The van der Waals surface area contributed by atoms with Crippen LogP contribution in [0.4, 0.5) is 23.7 Å². The average molecular weight is 334 g/mol. The van der Waals surface area contributed by atoms with E-state index in [9.17, 15) is 22.8 Å². The Hall–Kier alpha value is -1.90. The Labute approximate surface area is 128 Å². The van der Waals surface area contributed by atoms with E-state index in [0.717, 1.165) is 0 Å². The minimum Gasteiger partial charge on any atom is -0.442 e. The Balaban J connectivity index is 1.99. The van der Waals surface area contributed by atoms with Crippen LogP contribution in [0, 0.1) is 0 Å². The SMILES string of the molecule is CC(=O)NC[C@H]1CN(c2ccc(SC(F)(F)F)cc2)C(=O)O1. The van der Waals surface area contributed by atoms with Gasteiger partial charge in [-0.05, 0) is 36.0 Å². The quantitative estimate of drug-likeness (QED) is 0.860. The lowest BCUT2D eigenvalue weighted by Crippen LogP contribution is -2.33. The van der Waals surface area contributed by atoms with Crippen molar-refractivity contribution in [3.05, 3.63) is 24.3 Å². The summed E-state index contributed by atoms with van der Waals surface area (Å²) in [4.78, 5) is 23.9. The van der Waals surface area contributed by atoms with Gasteiger partial charge in [0.1, 0.15) is 6.10 Å². The zero-order valence-corrected chi connectivity index (χ0v) is 12.3. The van der Waals surface area contributed by atoms with Crippen LogP contribution in [0.5, 0.6) is 0 Å². The predicted molar refractivity (Wildman–Crippen MR) is 74.7 cm³/mol. The van der Waals surface area contributed by atoms with E-state index in [-0.39, 0.29) is 35.7 Å². The molecule has 9 heteroatoms. The molecule has 2 amide bonds. The fourth-order valence-corrected chi connectivity index (χ4v) is 2.46. The molecule has 120 valence electrons. The van der Waals surface area contributed by atoms with Gasteiger partial charge < -0.3 is 10.1 Å². The van der Waals surface area contributed by atoms with Gasteiger partial charge in [0.25, 0.3) is 0 Å². The summed E-state index contributed by atoms with van der Waals surface area (Å²) in [6.45, 7) is 1.77. The van der Waals surface area contributed by atoms with Gasteiger partial charge in [-0.25, -0.2) is 4.79 Å². The maximum atomic E-state index is 12.3. The van der Waals surface area contributed by atoms with Gasteiger partial charge in [0.2, 0.25) is 5.91 Å². The van der Waals surface area contributed by atoms with Crippen LogP contribution in [-0.4, -0.2) is 36.7 Å². The van der Waals surface area contributed by atoms with Gasteiger partial charge >= 0.3 is 11.6 Å². The minimum atomic E-state index is -4.35. The molecule has 1 heterocycles. The second kappa shape index (κ2) is 6.47. The number of benzene rings is 1. The second-order valence-electron chi connectivity index (χ2n) is 4.60. The van der Waals surface area contributed by atoms with Crippen molar-refractivity contribution in [1.29, 1.82) is 0 Å². The lowest BCUT2D eigenvalue weighted by Gasteiger charge is -2.14. The third-order valence-corrected chi connectivity index (χ3v) is 3.57. The van der Waals surface area contributed by atoms with Crippen LogP contribution in [0.15, 0.2) is 29.2 Å². The molecule has 1 aliphatic heterocycles. The third-order valence-electron chi connectivity index (χ3n) is 2.83. The largest absolute Gasteiger partial charge is 0.446 e. The molecule has 1 aromatic rings. The van der Waals surface area contributed by atoms with Gasteiger partial charge in [-0.15, -0.1) is 0 Å². The highest BCUT2D eigenvalue weighted by Crippen LogP contribution is 2.37. The minimum absolute atomic E-state index is 0.0404. The van der Waals surface area contributed by atoms with Crippen LogP contribution in [0.1, 0.15) is 6.92 Å².